The van der Waals surface area contributed by atoms with Gasteiger partial charge in [0.2, 0.25) is 0 Å². The number of anilines is 2. The minimum Gasteiger partial charge on any atom is -0.396 e. The van der Waals surface area contributed by atoms with Crippen molar-refractivity contribution >= 4 is 33.2 Å². The van der Waals surface area contributed by atoms with Gasteiger partial charge in [-0.15, -0.1) is 0 Å². The van der Waals surface area contributed by atoms with Gasteiger partial charge in [-0.3, -0.25) is 4.79 Å². The van der Waals surface area contributed by atoms with Crippen molar-refractivity contribution < 1.29 is 13.6 Å². The van der Waals surface area contributed by atoms with Crippen molar-refractivity contribution in [2.45, 2.75) is 0 Å². The summed E-state index contributed by atoms with van der Waals surface area (Å²) < 4.78 is 26.8. The molecule has 2 rings (SSSR count). The fourth-order valence-electron chi connectivity index (χ4n) is 1.49. The Balaban J connectivity index is 2.22. The van der Waals surface area contributed by atoms with Crippen LogP contribution in [-0.2, 0) is 0 Å². The van der Waals surface area contributed by atoms with Gasteiger partial charge in [0.1, 0.15) is 11.6 Å². The molecule has 1 amide bonds. The second kappa shape index (κ2) is 5.36. The van der Waals surface area contributed by atoms with Gasteiger partial charge in [-0.1, -0.05) is 15.9 Å². The summed E-state index contributed by atoms with van der Waals surface area (Å²) in [5.74, 6) is -1.70. The zero-order valence-electron chi connectivity index (χ0n) is 9.58. The Morgan fingerprint density at radius 3 is 2.53 bits per heavy atom. The Bertz CT molecular complexity index is 626. The van der Waals surface area contributed by atoms with Crippen molar-refractivity contribution in [2.75, 3.05) is 11.1 Å². The number of amides is 1. The first-order valence-corrected chi connectivity index (χ1v) is 6.07. The van der Waals surface area contributed by atoms with E-state index in [9.17, 15) is 13.6 Å². The summed E-state index contributed by atoms with van der Waals surface area (Å²) in [6.07, 6.45) is 0. The maximum absolute atomic E-state index is 13.2. The number of carbonyl (C=O) groups is 1. The molecule has 98 valence electrons. The van der Waals surface area contributed by atoms with E-state index in [0.717, 1.165) is 12.1 Å². The monoisotopic (exact) mass is 326 g/mol. The molecular formula is C13H9BrF2N2O. The van der Waals surface area contributed by atoms with Crippen LogP contribution in [0.3, 0.4) is 0 Å². The van der Waals surface area contributed by atoms with Gasteiger partial charge in [0.05, 0.1) is 5.69 Å². The van der Waals surface area contributed by atoms with E-state index in [1.807, 2.05) is 0 Å². The molecule has 0 aliphatic carbocycles. The molecule has 2 aromatic rings. The van der Waals surface area contributed by atoms with Crippen molar-refractivity contribution in [3.05, 3.63) is 58.1 Å². The minimum atomic E-state index is -0.627. The average Bonchev–Trinajstić information content (AvgIpc) is 2.32. The topological polar surface area (TPSA) is 55.1 Å². The highest BCUT2D eigenvalue weighted by Gasteiger charge is 2.09. The number of hydrogen-bond acceptors (Lipinski definition) is 2. The van der Waals surface area contributed by atoms with Gasteiger partial charge in [0.15, 0.2) is 0 Å². The molecule has 0 atom stereocenters. The van der Waals surface area contributed by atoms with Crippen LogP contribution in [0.5, 0.6) is 0 Å². The number of halogens is 3. The summed E-state index contributed by atoms with van der Waals surface area (Å²) in [6, 6.07) is 7.69. The Morgan fingerprint density at radius 1 is 1.16 bits per heavy atom. The molecule has 0 radical (unpaired) electrons. The smallest absolute Gasteiger partial charge is 0.255 e. The molecule has 3 nitrogen and oxygen atoms in total. The number of nitrogens with two attached hydrogens (primary N) is 1. The van der Waals surface area contributed by atoms with E-state index in [1.54, 1.807) is 0 Å². The minimum absolute atomic E-state index is 0.00787. The highest BCUT2D eigenvalue weighted by atomic mass is 79.9. The molecule has 0 spiro atoms. The van der Waals surface area contributed by atoms with Gasteiger partial charge < -0.3 is 11.1 Å². The van der Waals surface area contributed by atoms with Crippen LogP contribution in [0, 0.1) is 11.6 Å². The molecule has 0 heterocycles. The van der Waals surface area contributed by atoms with Crippen LogP contribution in [0.15, 0.2) is 40.9 Å². The van der Waals surface area contributed by atoms with E-state index < -0.39 is 17.5 Å². The quantitative estimate of drug-likeness (QED) is 0.829. The molecule has 0 aliphatic heterocycles. The summed E-state index contributed by atoms with van der Waals surface area (Å²) in [4.78, 5) is 11.9. The van der Waals surface area contributed by atoms with Gasteiger partial charge in [-0.25, -0.2) is 8.78 Å². The second-order valence-electron chi connectivity index (χ2n) is 3.85. The lowest BCUT2D eigenvalue weighted by molar-refractivity contribution is 0.102. The molecular weight excluding hydrogens is 318 g/mol. The zero-order valence-corrected chi connectivity index (χ0v) is 11.2. The third kappa shape index (κ3) is 3.29. The highest BCUT2D eigenvalue weighted by Crippen LogP contribution is 2.19. The van der Waals surface area contributed by atoms with Crippen molar-refractivity contribution in [3.63, 3.8) is 0 Å². The normalized spacial score (nSPS) is 10.3. The molecule has 3 N–H and O–H groups in total. The summed E-state index contributed by atoms with van der Waals surface area (Å²) in [7, 11) is 0. The number of carbonyl (C=O) groups excluding carboxylic acids is 1. The van der Waals surface area contributed by atoms with Crippen LogP contribution >= 0.6 is 15.9 Å². The molecule has 0 fully saturated rings. The van der Waals surface area contributed by atoms with Gasteiger partial charge in [0.25, 0.3) is 5.91 Å². The Hall–Kier alpha value is -1.95. The predicted molar refractivity (Wildman–Crippen MR) is 72.9 cm³/mol. The van der Waals surface area contributed by atoms with Crippen LogP contribution < -0.4 is 11.1 Å². The molecule has 19 heavy (non-hydrogen) atoms. The first-order chi connectivity index (χ1) is 8.95. The summed E-state index contributed by atoms with van der Waals surface area (Å²) in [5, 5.41) is 2.46. The maximum atomic E-state index is 13.2. The van der Waals surface area contributed by atoms with Crippen LogP contribution in [0.25, 0.3) is 0 Å². The van der Waals surface area contributed by atoms with Gasteiger partial charge in [0, 0.05) is 15.7 Å². The van der Waals surface area contributed by atoms with E-state index in [2.05, 4.69) is 21.2 Å². The van der Waals surface area contributed by atoms with E-state index >= 15 is 0 Å². The average molecular weight is 327 g/mol. The van der Waals surface area contributed by atoms with E-state index in [4.69, 9.17) is 5.73 Å². The van der Waals surface area contributed by atoms with Crippen LogP contribution in [-0.4, -0.2) is 5.91 Å². The van der Waals surface area contributed by atoms with Crippen molar-refractivity contribution in [3.8, 4) is 0 Å². The van der Waals surface area contributed by atoms with E-state index in [0.29, 0.717) is 4.47 Å². The third-order valence-electron chi connectivity index (χ3n) is 2.38. The number of benzene rings is 2. The zero-order chi connectivity index (χ0) is 14.0. The second-order valence-corrected chi connectivity index (χ2v) is 4.76. The lowest BCUT2D eigenvalue weighted by atomic mass is 10.2. The number of rotatable bonds is 2. The van der Waals surface area contributed by atoms with E-state index in [1.165, 1.54) is 24.3 Å². The molecule has 0 saturated heterocycles. The fraction of sp³-hybridized carbons (Fsp3) is 0. The molecule has 0 aromatic heterocycles. The lowest BCUT2D eigenvalue weighted by Crippen LogP contribution is -2.12. The molecule has 2 aromatic carbocycles. The van der Waals surface area contributed by atoms with Crippen molar-refractivity contribution in [1.82, 2.24) is 0 Å². The summed E-state index contributed by atoms with van der Waals surface area (Å²) in [5.41, 5.74) is 5.70. The standard InChI is InChI=1S/C13H9BrF2N2O/c14-8-3-7(4-9(15)5-8)13(19)18-10-1-2-12(17)11(16)6-10/h1-6H,17H2,(H,18,19). The molecule has 0 bridgehead atoms. The Kier molecular flexibility index (Phi) is 3.80. The van der Waals surface area contributed by atoms with Gasteiger partial charge >= 0.3 is 0 Å². The predicted octanol–water partition coefficient (Wildman–Crippen LogP) is 3.56. The lowest BCUT2D eigenvalue weighted by Gasteiger charge is -2.07. The van der Waals surface area contributed by atoms with Crippen LogP contribution in [0.2, 0.25) is 0 Å². The maximum Gasteiger partial charge on any atom is 0.255 e. The van der Waals surface area contributed by atoms with Crippen molar-refractivity contribution in [2.24, 2.45) is 0 Å². The third-order valence-corrected chi connectivity index (χ3v) is 2.84. The molecule has 0 saturated carbocycles. The van der Waals surface area contributed by atoms with Gasteiger partial charge in [-0.2, -0.15) is 0 Å². The van der Waals surface area contributed by atoms with Crippen molar-refractivity contribution in [1.29, 1.82) is 0 Å². The molecule has 0 unspecified atom stereocenters. The molecule has 6 heteroatoms. The fourth-order valence-corrected chi connectivity index (χ4v) is 1.96. The van der Waals surface area contributed by atoms with E-state index in [-0.39, 0.29) is 16.9 Å². The number of nitrogen functional groups attached to an aromatic ring is 1. The Morgan fingerprint density at radius 2 is 1.89 bits per heavy atom. The van der Waals surface area contributed by atoms with Crippen LogP contribution in [0.1, 0.15) is 10.4 Å². The highest BCUT2D eigenvalue weighted by molar-refractivity contribution is 9.10. The Labute approximate surface area is 116 Å². The number of hydrogen-bond donors (Lipinski definition) is 2. The summed E-state index contributed by atoms with van der Waals surface area (Å²) in [6.45, 7) is 0. The largest absolute Gasteiger partial charge is 0.396 e. The summed E-state index contributed by atoms with van der Waals surface area (Å²) >= 11 is 3.09. The van der Waals surface area contributed by atoms with Gasteiger partial charge in [-0.05, 0) is 36.4 Å². The number of nitrogens with one attached hydrogen (secondary N) is 1. The SMILES string of the molecule is Nc1ccc(NC(=O)c2cc(F)cc(Br)c2)cc1F. The van der Waals surface area contributed by atoms with Crippen LogP contribution in [0.4, 0.5) is 20.2 Å². The first-order valence-electron chi connectivity index (χ1n) is 5.28. The first kappa shape index (κ1) is 13.5. The molecule has 0 aliphatic rings.